The molecule has 2 aromatic rings. The van der Waals surface area contributed by atoms with Gasteiger partial charge < -0.3 is 0 Å². The summed E-state index contributed by atoms with van der Waals surface area (Å²) in [5.74, 6) is 0. The van der Waals surface area contributed by atoms with E-state index in [2.05, 4.69) is 36.6 Å². The third-order valence-electron chi connectivity index (χ3n) is 2.84. The molecule has 7 heteroatoms. The van der Waals surface area contributed by atoms with Gasteiger partial charge in [0, 0.05) is 15.4 Å². The molecule has 1 atom stereocenters. The normalized spacial score (nSPS) is 13.4. The molecule has 0 spiro atoms. The van der Waals surface area contributed by atoms with Gasteiger partial charge in [-0.05, 0) is 47.5 Å². The molecule has 3 nitrogen and oxygen atoms in total. The molecule has 0 aliphatic carbocycles. The van der Waals surface area contributed by atoms with Crippen LogP contribution in [0.1, 0.15) is 23.4 Å². The molecule has 0 aliphatic heterocycles. The third-order valence-corrected chi connectivity index (χ3v) is 6.91. The minimum absolute atomic E-state index is 0.311. The first-order valence-corrected chi connectivity index (χ1v) is 9.72. The lowest BCUT2D eigenvalue weighted by molar-refractivity contribution is 0.566. The van der Waals surface area contributed by atoms with Crippen molar-refractivity contribution in [1.29, 1.82) is 0 Å². The van der Waals surface area contributed by atoms with Crippen LogP contribution < -0.4 is 4.72 Å². The van der Waals surface area contributed by atoms with Crippen LogP contribution in [0.4, 0.5) is 0 Å². The second-order valence-electron chi connectivity index (χ2n) is 4.34. The average molecular weight is 439 g/mol. The Morgan fingerprint density at radius 1 is 1.25 bits per heavy atom. The molecule has 0 saturated carbocycles. The van der Waals surface area contributed by atoms with E-state index < -0.39 is 10.0 Å². The first-order valence-electron chi connectivity index (χ1n) is 5.84. The molecule has 0 bridgehead atoms. The Morgan fingerprint density at radius 3 is 2.45 bits per heavy atom. The Morgan fingerprint density at radius 2 is 1.90 bits per heavy atom. The van der Waals surface area contributed by atoms with E-state index in [1.165, 1.54) is 11.3 Å². The van der Waals surface area contributed by atoms with Crippen molar-refractivity contribution in [3.8, 4) is 0 Å². The summed E-state index contributed by atoms with van der Waals surface area (Å²) in [5.41, 5.74) is 0.906. The molecule has 2 rings (SSSR count). The molecular formula is C13H13Br2NO2S2. The van der Waals surface area contributed by atoms with Crippen LogP contribution in [0, 0.1) is 6.92 Å². The predicted molar refractivity (Wildman–Crippen MR) is 89.6 cm³/mol. The Hall–Kier alpha value is -0.210. The van der Waals surface area contributed by atoms with E-state index in [0.29, 0.717) is 4.90 Å². The van der Waals surface area contributed by atoms with Crippen LogP contribution in [0.15, 0.2) is 43.5 Å². The number of aryl methyl sites for hydroxylation is 1. The lowest BCUT2D eigenvalue weighted by Crippen LogP contribution is -2.27. The summed E-state index contributed by atoms with van der Waals surface area (Å²) in [6, 6.07) is 8.90. The minimum Gasteiger partial charge on any atom is -0.207 e. The Balaban J connectivity index is 2.29. The second-order valence-corrected chi connectivity index (χ2v) is 9.51. The maximum atomic E-state index is 12.4. The summed E-state index contributed by atoms with van der Waals surface area (Å²) in [5, 5.41) is 0. The zero-order chi connectivity index (χ0) is 14.9. The molecule has 0 saturated heterocycles. The van der Waals surface area contributed by atoms with Crippen LogP contribution >= 0.6 is 43.2 Å². The monoisotopic (exact) mass is 437 g/mol. The van der Waals surface area contributed by atoms with Crippen LogP contribution in [0.3, 0.4) is 0 Å². The van der Waals surface area contributed by atoms with Crippen molar-refractivity contribution >= 4 is 53.2 Å². The number of rotatable bonds is 4. The molecule has 1 unspecified atom stereocenters. The number of halogens is 2. The van der Waals surface area contributed by atoms with Crippen molar-refractivity contribution in [3.63, 3.8) is 0 Å². The number of hydrogen-bond donors (Lipinski definition) is 1. The lowest BCUT2D eigenvalue weighted by Gasteiger charge is -2.15. The summed E-state index contributed by atoms with van der Waals surface area (Å²) in [6.07, 6.45) is 0. The van der Waals surface area contributed by atoms with Gasteiger partial charge in [0.2, 0.25) is 10.0 Å². The molecular weight excluding hydrogens is 426 g/mol. The highest BCUT2D eigenvalue weighted by Gasteiger charge is 2.23. The molecule has 1 aromatic heterocycles. The Kier molecular flexibility index (Phi) is 5.07. The van der Waals surface area contributed by atoms with Crippen LogP contribution in [-0.2, 0) is 10.0 Å². The largest absolute Gasteiger partial charge is 0.242 e. The van der Waals surface area contributed by atoms with Crippen molar-refractivity contribution in [2.24, 2.45) is 0 Å². The summed E-state index contributed by atoms with van der Waals surface area (Å²) in [4.78, 5) is 1.09. The van der Waals surface area contributed by atoms with Gasteiger partial charge in [-0.2, -0.15) is 0 Å². The Bertz CT molecular complexity index is 726. The number of nitrogens with one attached hydrogen (secondary N) is 1. The summed E-state index contributed by atoms with van der Waals surface area (Å²) < 4.78 is 29.3. The number of sulfonamides is 1. The molecule has 1 heterocycles. The third kappa shape index (κ3) is 3.51. The highest BCUT2D eigenvalue weighted by molar-refractivity contribution is 9.11. The van der Waals surface area contributed by atoms with Crippen LogP contribution in [0.25, 0.3) is 0 Å². The smallest absolute Gasteiger partial charge is 0.207 e. The molecule has 0 radical (unpaired) electrons. The zero-order valence-electron chi connectivity index (χ0n) is 10.9. The first-order chi connectivity index (χ1) is 9.31. The van der Waals surface area contributed by atoms with Gasteiger partial charge in [0.25, 0.3) is 0 Å². The fourth-order valence-corrected chi connectivity index (χ4v) is 6.15. The highest BCUT2D eigenvalue weighted by atomic mass is 79.9. The van der Waals surface area contributed by atoms with Crippen LogP contribution in [0.5, 0.6) is 0 Å². The number of hydrogen-bond acceptors (Lipinski definition) is 3. The van der Waals surface area contributed by atoms with Crippen LogP contribution in [0.2, 0.25) is 0 Å². The van der Waals surface area contributed by atoms with Crippen molar-refractivity contribution < 1.29 is 8.42 Å². The molecule has 0 fully saturated rings. The van der Waals surface area contributed by atoms with Gasteiger partial charge in [-0.15, -0.1) is 11.3 Å². The molecule has 20 heavy (non-hydrogen) atoms. The maximum absolute atomic E-state index is 12.4. The van der Waals surface area contributed by atoms with Gasteiger partial charge in [-0.1, -0.05) is 34.1 Å². The highest BCUT2D eigenvalue weighted by Crippen LogP contribution is 2.31. The van der Waals surface area contributed by atoms with E-state index in [1.54, 1.807) is 13.0 Å². The molecule has 0 amide bonds. The fraction of sp³-hybridized carbons (Fsp3) is 0.231. The van der Waals surface area contributed by atoms with Crippen molar-refractivity contribution in [3.05, 3.63) is 49.0 Å². The van der Waals surface area contributed by atoms with Crippen molar-refractivity contribution in [2.75, 3.05) is 0 Å². The van der Waals surface area contributed by atoms with Gasteiger partial charge in [0.15, 0.2) is 0 Å². The maximum Gasteiger partial charge on any atom is 0.242 e. The standard InChI is InChI=1S/C13H13Br2NO2S2/c1-8(10-5-3-4-6-11(10)14)16-20(17,18)12-7-13(15)19-9(12)2/h3-8,16H,1-2H3. The van der Waals surface area contributed by atoms with E-state index in [0.717, 1.165) is 18.7 Å². The Labute approximate surface area is 139 Å². The van der Waals surface area contributed by atoms with E-state index in [4.69, 9.17) is 0 Å². The van der Waals surface area contributed by atoms with E-state index in [1.807, 2.05) is 31.2 Å². The minimum atomic E-state index is -3.52. The zero-order valence-corrected chi connectivity index (χ0v) is 15.7. The van der Waals surface area contributed by atoms with E-state index in [9.17, 15) is 8.42 Å². The van der Waals surface area contributed by atoms with Gasteiger partial charge in [0.1, 0.15) is 0 Å². The lowest BCUT2D eigenvalue weighted by atomic mass is 10.1. The SMILES string of the molecule is Cc1sc(Br)cc1S(=O)(=O)NC(C)c1ccccc1Br. The summed E-state index contributed by atoms with van der Waals surface area (Å²) in [6.45, 7) is 3.63. The van der Waals surface area contributed by atoms with E-state index >= 15 is 0 Å². The first kappa shape index (κ1) is 16.2. The van der Waals surface area contributed by atoms with Crippen molar-refractivity contribution in [1.82, 2.24) is 4.72 Å². The quantitative estimate of drug-likeness (QED) is 0.756. The molecule has 1 aromatic carbocycles. The van der Waals surface area contributed by atoms with Gasteiger partial charge in [0.05, 0.1) is 8.68 Å². The number of thiophene rings is 1. The van der Waals surface area contributed by atoms with Gasteiger partial charge >= 0.3 is 0 Å². The van der Waals surface area contributed by atoms with Gasteiger partial charge in [-0.3, -0.25) is 0 Å². The summed E-state index contributed by atoms with van der Waals surface area (Å²) in [7, 11) is -3.52. The van der Waals surface area contributed by atoms with Crippen LogP contribution in [-0.4, -0.2) is 8.42 Å². The topological polar surface area (TPSA) is 46.2 Å². The predicted octanol–water partition coefficient (Wildman–Crippen LogP) is 4.62. The number of benzene rings is 1. The molecule has 1 N–H and O–H groups in total. The fourth-order valence-electron chi connectivity index (χ4n) is 1.88. The van der Waals surface area contributed by atoms with E-state index in [-0.39, 0.29) is 6.04 Å². The summed E-state index contributed by atoms with van der Waals surface area (Å²) >= 11 is 8.17. The molecule has 108 valence electrons. The van der Waals surface area contributed by atoms with Crippen molar-refractivity contribution in [2.45, 2.75) is 24.8 Å². The second kappa shape index (κ2) is 6.27. The van der Waals surface area contributed by atoms with Gasteiger partial charge in [-0.25, -0.2) is 13.1 Å². The molecule has 0 aliphatic rings. The average Bonchev–Trinajstić information content (AvgIpc) is 2.69.